The van der Waals surface area contributed by atoms with Crippen molar-refractivity contribution in [3.63, 3.8) is 0 Å². The van der Waals surface area contributed by atoms with Gasteiger partial charge in [-0.25, -0.2) is 0 Å². The number of thioether (sulfide) groups is 1. The van der Waals surface area contributed by atoms with E-state index in [-0.39, 0.29) is 18.3 Å². The van der Waals surface area contributed by atoms with Crippen LogP contribution in [0.15, 0.2) is 52.2 Å². The van der Waals surface area contributed by atoms with Crippen molar-refractivity contribution < 1.29 is 23.4 Å². The first-order chi connectivity index (χ1) is 13.2. The van der Waals surface area contributed by atoms with Crippen LogP contribution in [0.25, 0.3) is 0 Å². The van der Waals surface area contributed by atoms with Gasteiger partial charge in [-0.1, -0.05) is 23.9 Å². The molecule has 0 fully saturated rings. The summed E-state index contributed by atoms with van der Waals surface area (Å²) in [6.45, 7) is 0.612. The second-order valence-corrected chi connectivity index (χ2v) is 6.31. The molecule has 2 aromatic heterocycles. The Morgan fingerprint density at radius 1 is 1.15 bits per heavy atom. The quantitative estimate of drug-likeness (QED) is 0.408. The van der Waals surface area contributed by atoms with Crippen LogP contribution in [0.1, 0.15) is 11.6 Å². The van der Waals surface area contributed by atoms with Gasteiger partial charge in [0.2, 0.25) is 0 Å². The lowest BCUT2D eigenvalue weighted by molar-refractivity contribution is -0.137. The monoisotopic (exact) mass is 389 g/mol. The minimum atomic E-state index is -0.334. The van der Waals surface area contributed by atoms with Gasteiger partial charge in [-0.05, 0) is 24.3 Å². The molecule has 0 aliphatic heterocycles. The Balaban J connectivity index is 1.78. The van der Waals surface area contributed by atoms with E-state index in [1.807, 2.05) is 41.0 Å². The molecule has 0 spiro atoms. The van der Waals surface area contributed by atoms with E-state index < -0.39 is 0 Å². The van der Waals surface area contributed by atoms with Gasteiger partial charge < -0.3 is 18.6 Å². The molecule has 1 aromatic carbocycles. The molecule has 0 saturated carbocycles. The SMILES string of the molecule is COC(=O)CSc1nnc(COc2ccccc2OC)n1Cc1ccco1. The van der Waals surface area contributed by atoms with Crippen LogP contribution in [-0.2, 0) is 22.7 Å². The molecular formula is C18H19N3O5S. The molecule has 0 unspecified atom stereocenters. The summed E-state index contributed by atoms with van der Waals surface area (Å²) in [7, 11) is 2.94. The molecule has 27 heavy (non-hydrogen) atoms. The molecule has 0 aliphatic carbocycles. The van der Waals surface area contributed by atoms with E-state index in [1.54, 1.807) is 13.4 Å². The standard InChI is InChI=1S/C18H19N3O5S/c1-23-14-7-3-4-8-15(14)26-11-16-19-20-18(27-12-17(22)24-2)21(16)10-13-6-5-9-25-13/h3-9H,10-12H2,1-2H3. The average Bonchev–Trinajstić information content (AvgIpc) is 3.35. The van der Waals surface area contributed by atoms with Gasteiger partial charge in [-0.3, -0.25) is 9.36 Å². The molecule has 0 bridgehead atoms. The van der Waals surface area contributed by atoms with Gasteiger partial charge in [0, 0.05) is 0 Å². The Labute approximate surface area is 160 Å². The fourth-order valence-electron chi connectivity index (χ4n) is 2.31. The predicted octanol–water partition coefficient (Wildman–Crippen LogP) is 2.77. The summed E-state index contributed by atoms with van der Waals surface area (Å²) in [5.41, 5.74) is 0. The number of para-hydroxylation sites is 2. The maximum absolute atomic E-state index is 11.4. The molecule has 9 heteroatoms. The summed E-state index contributed by atoms with van der Waals surface area (Å²) in [6, 6.07) is 11.0. The number of furan rings is 1. The van der Waals surface area contributed by atoms with E-state index in [9.17, 15) is 4.79 Å². The highest BCUT2D eigenvalue weighted by atomic mass is 32.2. The zero-order chi connectivity index (χ0) is 19.1. The van der Waals surface area contributed by atoms with E-state index in [1.165, 1.54) is 18.9 Å². The minimum Gasteiger partial charge on any atom is -0.493 e. The van der Waals surface area contributed by atoms with Crippen LogP contribution in [-0.4, -0.2) is 40.7 Å². The summed E-state index contributed by atoms with van der Waals surface area (Å²) < 4.78 is 23.1. The minimum absolute atomic E-state index is 0.139. The average molecular weight is 389 g/mol. The highest BCUT2D eigenvalue weighted by molar-refractivity contribution is 7.99. The molecule has 142 valence electrons. The number of carbonyl (C=O) groups excluding carboxylic acids is 1. The number of aromatic nitrogens is 3. The van der Waals surface area contributed by atoms with Crippen LogP contribution in [0, 0.1) is 0 Å². The number of benzene rings is 1. The number of hydrogen-bond acceptors (Lipinski definition) is 8. The van der Waals surface area contributed by atoms with E-state index >= 15 is 0 Å². The second kappa shape index (κ2) is 9.13. The highest BCUT2D eigenvalue weighted by Crippen LogP contribution is 2.27. The summed E-state index contributed by atoms with van der Waals surface area (Å²) in [5, 5.41) is 8.96. The first kappa shape index (κ1) is 18.8. The second-order valence-electron chi connectivity index (χ2n) is 5.37. The maximum atomic E-state index is 11.4. The van der Waals surface area contributed by atoms with Gasteiger partial charge in [0.15, 0.2) is 22.5 Å². The molecular weight excluding hydrogens is 370 g/mol. The zero-order valence-electron chi connectivity index (χ0n) is 15.0. The Hall–Kier alpha value is -2.94. The smallest absolute Gasteiger partial charge is 0.316 e. The van der Waals surface area contributed by atoms with E-state index in [0.29, 0.717) is 29.0 Å². The third-order valence-electron chi connectivity index (χ3n) is 3.66. The number of carbonyl (C=O) groups is 1. The van der Waals surface area contributed by atoms with Gasteiger partial charge in [-0.2, -0.15) is 0 Å². The largest absolute Gasteiger partial charge is 0.493 e. The zero-order valence-corrected chi connectivity index (χ0v) is 15.8. The van der Waals surface area contributed by atoms with E-state index in [4.69, 9.17) is 13.9 Å². The fraction of sp³-hybridized carbons (Fsp3) is 0.278. The molecule has 3 aromatic rings. The Morgan fingerprint density at radius 3 is 2.67 bits per heavy atom. The summed E-state index contributed by atoms with van der Waals surface area (Å²) in [4.78, 5) is 11.4. The first-order valence-electron chi connectivity index (χ1n) is 8.11. The van der Waals surface area contributed by atoms with Crippen LogP contribution >= 0.6 is 11.8 Å². The van der Waals surface area contributed by atoms with Crippen LogP contribution in [0.4, 0.5) is 0 Å². The first-order valence-corrected chi connectivity index (χ1v) is 9.09. The Kier molecular flexibility index (Phi) is 6.37. The number of rotatable bonds is 9. The van der Waals surface area contributed by atoms with E-state index in [0.717, 1.165) is 5.76 Å². The summed E-state index contributed by atoms with van der Waals surface area (Å²) in [5.74, 6) is 2.39. The van der Waals surface area contributed by atoms with Gasteiger partial charge in [0.25, 0.3) is 0 Å². The van der Waals surface area contributed by atoms with Crippen LogP contribution in [0.3, 0.4) is 0 Å². The molecule has 3 rings (SSSR count). The third kappa shape index (κ3) is 4.82. The molecule has 0 aliphatic rings. The van der Waals surface area contributed by atoms with Gasteiger partial charge in [0.1, 0.15) is 12.4 Å². The van der Waals surface area contributed by atoms with E-state index in [2.05, 4.69) is 14.9 Å². The molecule has 0 radical (unpaired) electrons. The Morgan fingerprint density at radius 2 is 1.96 bits per heavy atom. The maximum Gasteiger partial charge on any atom is 0.316 e. The molecule has 0 amide bonds. The summed E-state index contributed by atoms with van der Waals surface area (Å²) >= 11 is 1.24. The fourth-order valence-corrected chi connectivity index (χ4v) is 3.10. The van der Waals surface area contributed by atoms with Gasteiger partial charge in [-0.15, -0.1) is 10.2 Å². The Bertz CT molecular complexity index is 879. The van der Waals surface area contributed by atoms with Crippen molar-refractivity contribution in [1.29, 1.82) is 0 Å². The number of methoxy groups -OCH3 is 2. The van der Waals surface area contributed by atoms with Crippen molar-refractivity contribution in [3.05, 3.63) is 54.2 Å². The number of esters is 1. The lowest BCUT2D eigenvalue weighted by atomic mass is 10.3. The van der Waals surface area contributed by atoms with Crippen molar-refractivity contribution in [2.45, 2.75) is 18.3 Å². The van der Waals surface area contributed by atoms with Crippen molar-refractivity contribution >= 4 is 17.7 Å². The predicted molar refractivity (Wildman–Crippen MR) is 97.9 cm³/mol. The van der Waals surface area contributed by atoms with Crippen LogP contribution in [0.2, 0.25) is 0 Å². The lowest BCUT2D eigenvalue weighted by Gasteiger charge is -2.11. The number of hydrogen-bond donors (Lipinski definition) is 0. The molecule has 8 nitrogen and oxygen atoms in total. The number of nitrogens with zero attached hydrogens (tertiary/aromatic N) is 3. The summed E-state index contributed by atoms with van der Waals surface area (Å²) in [6.07, 6.45) is 1.60. The van der Waals surface area contributed by atoms with Crippen LogP contribution in [0.5, 0.6) is 11.5 Å². The normalized spacial score (nSPS) is 10.6. The van der Waals surface area contributed by atoms with Crippen molar-refractivity contribution in [2.24, 2.45) is 0 Å². The molecule has 0 saturated heterocycles. The topological polar surface area (TPSA) is 88.6 Å². The van der Waals surface area contributed by atoms with Crippen molar-refractivity contribution in [3.8, 4) is 11.5 Å². The van der Waals surface area contributed by atoms with Gasteiger partial charge >= 0.3 is 5.97 Å². The lowest BCUT2D eigenvalue weighted by Crippen LogP contribution is -2.10. The van der Waals surface area contributed by atoms with Crippen molar-refractivity contribution in [1.82, 2.24) is 14.8 Å². The van der Waals surface area contributed by atoms with Gasteiger partial charge in [0.05, 0.1) is 32.8 Å². The highest BCUT2D eigenvalue weighted by Gasteiger charge is 2.17. The number of ether oxygens (including phenoxy) is 3. The molecule has 0 atom stereocenters. The third-order valence-corrected chi connectivity index (χ3v) is 4.60. The van der Waals surface area contributed by atoms with Crippen LogP contribution < -0.4 is 9.47 Å². The molecule has 2 heterocycles. The van der Waals surface area contributed by atoms with Crippen molar-refractivity contribution in [2.75, 3.05) is 20.0 Å². The molecule has 0 N–H and O–H groups in total.